The lowest BCUT2D eigenvalue weighted by Crippen LogP contribution is -2.29. The van der Waals surface area contributed by atoms with Crippen LogP contribution in [0.1, 0.15) is 30.9 Å². The first-order valence-electron chi connectivity index (χ1n) is 7.31. The Balaban J connectivity index is 1.35. The smallest absolute Gasteiger partial charge is 0.223 e. The minimum atomic E-state index is 0.261. The number of fused-ring (bicyclic) bond motifs is 1. The van der Waals surface area contributed by atoms with E-state index in [1.807, 2.05) is 0 Å². The second kappa shape index (κ2) is 5.33. The van der Waals surface area contributed by atoms with E-state index in [0.29, 0.717) is 11.8 Å². The normalized spacial score (nSPS) is 25.1. The molecule has 1 N–H and O–H groups in total. The van der Waals surface area contributed by atoms with Crippen molar-refractivity contribution >= 4 is 5.91 Å². The van der Waals surface area contributed by atoms with Gasteiger partial charge in [-0.2, -0.15) is 0 Å². The maximum Gasteiger partial charge on any atom is 0.223 e. The zero-order valence-corrected chi connectivity index (χ0v) is 11.6. The fraction of sp³-hybridized carbons (Fsp3) is 0.562. The molecule has 1 aliphatic carbocycles. The first-order chi connectivity index (χ1) is 9.24. The highest BCUT2D eigenvalue weighted by Crippen LogP contribution is 2.37. The van der Waals surface area contributed by atoms with Crippen LogP contribution in [0.25, 0.3) is 0 Å². The third-order valence-electron chi connectivity index (χ3n) is 4.30. The Morgan fingerprint density at radius 1 is 1.32 bits per heavy atom. The second-order valence-corrected chi connectivity index (χ2v) is 5.94. The molecule has 102 valence electrons. The minimum absolute atomic E-state index is 0.261. The highest BCUT2D eigenvalue weighted by molar-refractivity contribution is 5.81. The summed E-state index contributed by atoms with van der Waals surface area (Å²) in [5.41, 5.74) is 2.91. The van der Waals surface area contributed by atoms with Gasteiger partial charge >= 0.3 is 0 Å². The van der Waals surface area contributed by atoms with Crippen molar-refractivity contribution in [1.82, 2.24) is 10.2 Å². The van der Waals surface area contributed by atoms with Crippen LogP contribution in [-0.2, 0) is 17.9 Å². The van der Waals surface area contributed by atoms with Gasteiger partial charge in [-0.25, -0.2) is 0 Å². The highest BCUT2D eigenvalue weighted by atomic mass is 16.2. The summed E-state index contributed by atoms with van der Waals surface area (Å²) in [7, 11) is 0. The number of benzene rings is 1. The van der Waals surface area contributed by atoms with Crippen LogP contribution < -0.4 is 5.32 Å². The molecule has 0 bridgehead atoms. The molecule has 3 nitrogen and oxygen atoms in total. The lowest BCUT2D eigenvalue weighted by Gasteiger charge is -2.14. The second-order valence-electron chi connectivity index (χ2n) is 5.94. The Labute approximate surface area is 115 Å². The van der Waals surface area contributed by atoms with Gasteiger partial charge in [-0.05, 0) is 29.9 Å². The number of amides is 1. The van der Waals surface area contributed by atoms with Gasteiger partial charge in [0, 0.05) is 32.1 Å². The van der Waals surface area contributed by atoms with Gasteiger partial charge < -0.3 is 5.32 Å². The van der Waals surface area contributed by atoms with E-state index in [-0.39, 0.29) is 5.91 Å². The van der Waals surface area contributed by atoms with Gasteiger partial charge in [-0.3, -0.25) is 9.69 Å². The van der Waals surface area contributed by atoms with Crippen molar-refractivity contribution in [2.45, 2.75) is 32.9 Å². The molecule has 1 heterocycles. The standard InChI is InChI=1S/C16H22N2O/c1-12-9-15(12)16(19)17-7-4-8-18-10-13-5-2-3-6-14(13)11-18/h2-3,5-6,12,15H,4,7-11H2,1H3,(H,17,19)/t12-,15-/m1/s1. The van der Waals surface area contributed by atoms with Gasteiger partial charge in [0.2, 0.25) is 5.91 Å². The van der Waals surface area contributed by atoms with Gasteiger partial charge in [-0.15, -0.1) is 0 Å². The summed E-state index contributed by atoms with van der Waals surface area (Å²) in [6, 6.07) is 8.65. The Hall–Kier alpha value is -1.35. The molecule has 0 radical (unpaired) electrons. The van der Waals surface area contributed by atoms with Crippen LogP contribution in [0.4, 0.5) is 0 Å². The van der Waals surface area contributed by atoms with Gasteiger partial charge in [0.15, 0.2) is 0 Å². The number of hydrogen-bond acceptors (Lipinski definition) is 2. The predicted molar refractivity (Wildman–Crippen MR) is 75.5 cm³/mol. The SMILES string of the molecule is C[C@@H]1C[C@H]1C(=O)NCCCN1Cc2ccccc2C1. The fourth-order valence-electron chi connectivity index (χ4n) is 2.89. The van der Waals surface area contributed by atoms with E-state index in [0.717, 1.165) is 39.0 Å². The van der Waals surface area contributed by atoms with Gasteiger partial charge in [-0.1, -0.05) is 31.2 Å². The van der Waals surface area contributed by atoms with Crippen molar-refractivity contribution in [2.75, 3.05) is 13.1 Å². The number of carbonyl (C=O) groups excluding carboxylic acids is 1. The van der Waals surface area contributed by atoms with Gasteiger partial charge in [0.25, 0.3) is 0 Å². The Morgan fingerprint density at radius 3 is 2.53 bits per heavy atom. The lowest BCUT2D eigenvalue weighted by atomic mass is 10.1. The van der Waals surface area contributed by atoms with E-state index < -0.39 is 0 Å². The summed E-state index contributed by atoms with van der Waals surface area (Å²) in [5, 5.41) is 3.05. The summed E-state index contributed by atoms with van der Waals surface area (Å²) in [6.07, 6.45) is 2.12. The van der Waals surface area contributed by atoms with E-state index in [1.54, 1.807) is 0 Å². The van der Waals surface area contributed by atoms with Crippen LogP contribution in [0.2, 0.25) is 0 Å². The van der Waals surface area contributed by atoms with Crippen LogP contribution in [0, 0.1) is 11.8 Å². The molecule has 3 rings (SSSR count). The number of hydrogen-bond donors (Lipinski definition) is 1. The monoisotopic (exact) mass is 258 g/mol. The fourth-order valence-corrected chi connectivity index (χ4v) is 2.89. The molecular weight excluding hydrogens is 236 g/mol. The molecule has 1 aliphatic heterocycles. The number of nitrogens with zero attached hydrogens (tertiary/aromatic N) is 1. The van der Waals surface area contributed by atoms with Crippen molar-refractivity contribution in [3.63, 3.8) is 0 Å². The Bertz CT molecular complexity index is 447. The van der Waals surface area contributed by atoms with Crippen molar-refractivity contribution in [3.8, 4) is 0 Å². The van der Waals surface area contributed by atoms with Crippen molar-refractivity contribution < 1.29 is 4.79 Å². The predicted octanol–water partition coefficient (Wildman–Crippen LogP) is 2.16. The summed E-state index contributed by atoms with van der Waals surface area (Å²) in [5.74, 6) is 1.17. The van der Waals surface area contributed by atoms with Gasteiger partial charge in [0.05, 0.1) is 0 Å². The zero-order valence-electron chi connectivity index (χ0n) is 11.6. The quantitative estimate of drug-likeness (QED) is 0.821. The van der Waals surface area contributed by atoms with Crippen LogP contribution in [0.5, 0.6) is 0 Å². The molecule has 0 unspecified atom stereocenters. The summed E-state index contributed by atoms with van der Waals surface area (Å²) >= 11 is 0. The van der Waals surface area contributed by atoms with Crippen LogP contribution in [0.15, 0.2) is 24.3 Å². The molecule has 19 heavy (non-hydrogen) atoms. The van der Waals surface area contributed by atoms with Crippen molar-refractivity contribution in [1.29, 1.82) is 0 Å². The first kappa shape index (κ1) is 12.7. The maximum atomic E-state index is 11.7. The zero-order chi connectivity index (χ0) is 13.2. The van der Waals surface area contributed by atoms with Crippen LogP contribution >= 0.6 is 0 Å². The third kappa shape index (κ3) is 2.98. The molecule has 2 atom stereocenters. The molecule has 3 heteroatoms. The number of rotatable bonds is 5. The molecular formula is C16H22N2O. The summed E-state index contributed by atoms with van der Waals surface area (Å²) in [4.78, 5) is 14.1. The van der Waals surface area contributed by atoms with E-state index in [9.17, 15) is 4.79 Å². The minimum Gasteiger partial charge on any atom is -0.356 e. The molecule has 1 aromatic rings. The van der Waals surface area contributed by atoms with E-state index in [1.165, 1.54) is 11.1 Å². The maximum absolute atomic E-state index is 11.7. The van der Waals surface area contributed by atoms with Crippen molar-refractivity contribution in [2.24, 2.45) is 11.8 Å². The molecule has 0 spiro atoms. The summed E-state index contributed by atoms with van der Waals surface area (Å²) in [6.45, 7) is 6.14. The lowest BCUT2D eigenvalue weighted by molar-refractivity contribution is -0.122. The summed E-state index contributed by atoms with van der Waals surface area (Å²) < 4.78 is 0. The number of carbonyl (C=O) groups is 1. The molecule has 1 amide bonds. The molecule has 0 aromatic heterocycles. The molecule has 1 saturated carbocycles. The van der Waals surface area contributed by atoms with Crippen molar-refractivity contribution in [3.05, 3.63) is 35.4 Å². The molecule has 1 aromatic carbocycles. The van der Waals surface area contributed by atoms with E-state index in [4.69, 9.17) is 0 Å². The Kier molecular flexibility index (Phi) is 3.56. The average Bonchev–Trinajstić information content (AvgIpc) is 3.00. The highest BCUT2D eigenvalue weighted by Gasteiger charge is 2.38. The van der Waals surface area contributed by atoms with E-state index >= 15 is 0 Å². The Morgan fingerprint density at radius 2 is 1.95 bits per heavy atom. The molecule has 0 saturated heterocycles. The topological polar surface area (TPSA) is 32.3 Å². The molecule has 2 aliphatic rings. The van der Waals surface area contributed by atoms with Gasteiger partial charge in [0.1, 0.15) is 0 Å². The average molecular weight is 258 g/mol. The van der Waals surface area contributed by atoms with Crippen LogP contribution in [0.3, 0.4) is 0 Å². The van der Waals surface area contributed by atoms with E-state index in [2.05, 4.69) is 41.4 Å². The first-order valence-corrected chi connectivity index (χ1v) is 7.31. The third-order valence-corrected chi connectivity index (χ3v) is 4.30. The molecule has 1 fully saturated rings. The number of nitrogens with one attached hydrogen (secondary N) is 1. The largest absolute Gasteiger partial charge is 0.356 e. The van der Waals surface area contributed by atoms with Crippen LogP contribution in [-0.4, -0.2) is 23.9 Å².